The third-order valence-electron chi connectivity index (χ3n) is 10.8. The number of likely N-dealkylation sites (tertiary alicyclic amines) is 1. The normalized spacial score (nSPS) is 20.5. The van der Waals surface area contributed by atoms with Gasteiger partial charge < -0.3 is 42.0 Å². The van der Waals surface area contributed by atoms with E-state index >= 15 is 0 Å². The predicted molar refractivity (Wildman–Crippen MR) is 210 cm³/mol. The molecule has 0 radical (unpaired) electrons. The fraction of sp³-hybridized carbons (Fsp3) is 0.475. The first kappa shape index (κ1) is 38.0. The summed E-state index contributed by atoms with van der Waals surface area (Å²) in [6.07, 6.45) is 8.64. The van der Waals surface area contributed by atoms with Gasteiger partial charge in [-0.3, -0.25) is 24.0 Å². The highest BCUT2D eigenvalue weighted by Gasteiger charge is 2.38. The Morgan fingerprint density at radius 2 is 1.75 bits per heavy atom. The van der Waals surface area contributed by atoms with E-state index in [1.165, 1.54) is 11.8 Å². The molecule has 15 heteroatoms. The van der Waals surface area contributed by atoms with Crippen molar-refractivity contribution < 1.29 is 19.1 Å². The maximum Gasteiger partial charge on any atom is 0.269 e. The van der Waals surface area contributed by atoms with Gasteiger partial charge in [-0.25, -0.2) is 4.98 Å². The number of amides is 2. The summed E-state index contributed by atoms with van der Waals surface area (Å²) in [4.78, 5) is 47.9. The first-order chi connectivity index (χ1) is 26.6. The number of fused-ring (bicyclic) bond motifs is 3. The maximum atomic E-state index is 13.1. The zero-order valence-corrected chi connectivity index (χ0v) is 32.0. The van der Waals surface area contributed by atoms with Crippen molar-refractivity contribution in [1.82, 2.24) is 35.2 Å². The molecule has 2 aromatic heterocycles. The lowest BCUT2D eigenvalue weighted by atomic mass is 9.91. The highest BCUT2D eigenvalue weighted by molar-refractivity contribution is 5.96. The molecule has 4 fully saturated rings. The molecule has 8 rings (SSSR count). The molecule has 0 spiro atoms. The first-order valence-corrected chi connectivity index (χ1v) is 19.3. The van der Waals surface area contributed by atoms with Crippen molar-refractivity contribution in [2.75, 3.05) is 63.7 Å². The molecule has 7 N–H and O–H groups in total. The van der Waals surface area contributed by atoms with E-state index in [4.69, 9.17) is 21.3 Å². The van der Waals surface area contributed by atoms with Gasteiger partial charge in [0.1, 0.15) is 17.2 Å². The molecule has 1 aromatic carbocycles. The van der Waals surface area contributed by atoms with Gasteiger partial charge in [-0.2, -0.15) is 5.10 Å². The second kappa shape index (κ2) is 16.6. The zero-order valence-electron chi connectivity index (χ0n) is 32.0. The van der Waals surface area contributed by atoms with Crippen LogP contribution in [-0.2, 0) is 20.9 Å². The number of aldehydes is 1. The Labute approximate surface area is 322 Å². The summed E-state index contributed by atoms with van der Waals surface area (Å²) >= 11 is 0. The molecule has 5 aliphatic rings. The minimum absolute atomic E-state index is 0.00948. The monoisotopic (exact) mass is 751 g/mol. The lowest BCUT2D eigenvalue weighted by molar-refractivity contribution is -0.121. The summed E-state index contributed by atoms with van der Waals surface area (Å²) in [5, 5.41) is 14.0. The van der Waals surface area contributed by atoms with Crippen LogP contribution in [0.1, 0.15) is 73.0 Å². The summed E-state index contributed by atoms with van der Waals surface area (Å²) in [5.74, 6) is -0.419. The third kappa shape index (κ3) is 8.85. The van der Waals surface area contributed by atoms with Crippen molar-refractivity contribution in [3.8, 4) is 11.1 Å². The number of nitrogens with two attached hydrogens (primary N) is 2. The predicted octanol–water partition coefficient (Wildman–Crippen LogP) is 2.85. The number of aromatic nitrogens is 3. The largest absolute Gasteiger partial charge is 0.393 e. The number of nitrogens with one attached hydrogen (secondary N) is 3. The summed E-state index contributed by atoms with van der Waals surface area (Å²) in [5.41, 5.74) is 19.3. The van der Waals surface area contributed by atoms with Crippen LogP contribution in [0.4, 0.5) is 11.4 Å². The number of carbonyl (C=O) groups is 3. The van der Waals surface area contributed by atoms with Crippen molar-refractivity contribution >= 4 is 29.5 Å². The highest BCUT2D eigenvalue weighted by atomic mass is 16.5. The number of benzene rings is 1. The first-order valence-electron chi connectivity index (χ1n) is 19.3. The van der Waals surface area contributed by atoms with Crippen LogP contribution in [0.3, 0.4) is 0 Å². The Morgan fingerprint density at radius 3 is 2.40 bits per heavy atom. The Balaban J connectivity index is 0.000000599. The third-order valence-corrected chi connectivity index (χ3v) is 10.8. The molecule has 1 unspecified atom stereocenters. The van der Waals surface area contributed by atoms with Crippen LogP contribution in [0.15, 0.2) is 65.9 Å². The van der Waals surface area contributed by atoms with Gasteiger partial charge in [0, 0.05) is 68.9 Å². The molecule has 2 saturated heterocycles. The standard InChI is InChI=1S/C35H42N10O3.C5H11NO/c1-3-29-33-26(15-38-45(33)24-17-44(18-24)16-22-6-4-7-23(19-46)39-22)25-8-5-9-27(32(25)43(29)2)41-28(31(37)35(48)40-21-12-13-21)14-30(36)42-34(47)20-10-11-20;1-6-2-4-7-5-3-6/h4-9,14-15,19-21,24,29,41H,3,10-13,16-18,36-37H2,1-2H3,(H,40,48)(H,42,47);2-5H2,1H3/b30-14+,31-28+;. The number of pyridine rings is 1. The molecule has 2 amide bonds. The van der Waals surface area contributed by atoms with Crippen molar-refractivity contribution in [3.63, 3.8) is 0 Å². The molecule has 55 heavy (non-hydrogen) atoms. The average molecular weight is 752 g/mol. The van der Waals surface area contributed by atoms with Crippen LogP contribution < -0.4 is 32.3 Å². The van der Waals surface area contributed by atoms with Gasteiger partial charge in [-0.1, -0.05) is 25.1 Å². The second-order valence-electron chi connectivity index (χ2n) is 15.1. The van der Waals surface area contributed by atoms with Crippen LogP contribution in [-0.4, -0.2) is 102 Å². The topological polar surface area (TPSA) is 189 Å². The SMILES string of the molecule is CCC1c2c(cnn2C2CN(Cc3cccc(C=O)n3)C2)-c2cccc(NC(/C=C(\N)NC(=O)C3CC3)=C(/N)C(=O)NC3CC3)c2N1C.CN1CCOCC1. The van der Waals surface area contributed by atoms with E-state index in [0.717, 1.165) is 106 Å². The van der Waals surface area contributed by atoms with Crippen molar-refractivity contribution in [2.45, 2.75) is 63.7 Å². The lowest BCUT2D eigenvalue weighted by Crippen LogP contribution is -2.48. The quantitative estimate of drug-likeness (QED) is 0.104. The number of ether oxygens (including phenoxy) is 1. The fourth-order valence-electron chi connectivity index (χ4n) is 7.33. The van der Waals surface area contributed by atoms with Gasteiger partial charge >= 0.3 is 0 Å². The molecule has 2 aliphatic carbocycles. The van der Waals surface area contributed by atoms with Crippen LogP contribution in [0.2, 0.25) is 0 Å². The van der Waals surface area contributed by atoms with Gasteiger partial charge in [0.05, 0.1) is 60.0 Å². The van der Waals surface area contributed by atoms with Crippen LogP contribution >= 0.6 is 0 Å². The van der Waals surface area contributed by atoms with Crippen LogP contribution in [0, 0.1) is 5.92 Å². The number of para-hydroxylation sites is 1. The number of carbonyl (C=O) groups excluding carboxylic acids is 3. The molecular weight excluding hydrogens is 699 g/mol. The Hall–Kier alpha value is -5.25. The van der Waals surface area contributed by atoms with Crippen molar-refractivity contribution in [1.29, 1.82) is 0 Å². The van der Waals surface area contributed by atoms with Crippen LogP contribution in [0.25, 0.3) is 11.1 Å². The number of morpholine rings is 1. The molecule has 292 valence electrons. The summed E-state index contributed by atoms with van der Waals surface area (Å²) < 4.78 is 7.27. The lowest BCUT2D eigenvalue weighted by Gasteiger charge is -2.43. The van der Waals surface area contributed by atoms with Crippen molar-refractivity contribution in [2.24, 2.45) is 17.4 Å². The molecule has 3 aliphatic heterocycles. The van der Waals surface area contributed by atoms with Gasteiger partial charge in [0.15, 0.2) is 6.29 Å². The average Bonchev–Trinajstić information content (AvgIpc) is 4.12. The Morgan fingerprint density at radius 1 is 1.00 bits per heavy atom. The Bertz CT molecular complexity index is 1960. The molecular formula is C40H53N11O4. The number of nitrogens with zero attached hydrogens (tertiary/aromatic N) is 6. The number of likely N-dealkylation sites (N-methyl/N-ethyl adjacent to an activating group) is 1. The zero-order chi connectivity index (χ0) is 38.6. The second-order valence-corrected chi connectivity index (χ2v) is 15.1. The number of anilines is 2. The van der Waals surface area contributed by atoms with E-state index in [9.17, 15) is 14.4 Å². The molecule has 0 bridgehead atoms. The minimum atomic E-state index is -0.382. The smallest absolute Gasteiger partial charge is 0.269 e. The van der Waals surface area contributed by atoms with Gasteiger partial charge in [0.2, 0.25) is 5.91 Å². The van der Waals surface area contributed by atoms with Gasteiger partial charge in [0.25, 0.3) is 5.91 Å². The van der Waals surface area contributed by atoms with Crippen molar-refractivity contribution in [3.05, 3.63) is 83.0 Å². The van der Waals surface area contributed by atoms with Crippen LogP contribution in [0.5, 0.6) is 0 Å². The number of rotatable bonds is 12. The van der Waals surface area contributed by atoms with Gasteiger partial charge in [-0.15, -0.1) is 0 Å². The number of hydrogen-bond acceptors (Lipinski definition) is 12. The highest BCUT2D eigenvalue weighted by Crippen LogP contribution is 2.49. The summed E-state index contributed by atoms with van der Waals surface area (Å²) in [7, 11) is 4.19. The number of hydrogen-bond donors (Lipinski definition) is 5. The molecule has 5 heterocycles. The van der Waals surface area contributed by atoms with E-state index in [1.807, 2.05) is 30.5 Å². The summed E-state index contributed by atoms with van der Waals surface area (Å²) in [6, 6.07) is 11.9. The van der Waals surface area contributed by atoms with E-state index in [2.05, 4.69) is 67.4 Å². The summed E-state index contributed by atoms with van der Waals surface area (Å²) in [6.45, 7) is 8.53. The minimum Gasteiger partial charge on any atom is -0.393 e. The molecule has 1 atom stereocenters. The molecule has 3 aromatic rings. The molecule has 15 nitrogen and oxygen atoms in total. The Kier molecular flexibility index (Phi) is 11.5. The maximum absolute atomic E-state index is 13.1. The van der Waals surface area contributed by atoms with Gasteiger partial charge in [-0.05, 0) is 57.4 Å². The van der Waals surface area contributed by atoms with E-state index in [-0.39, 0.29) is 47.4 Å². The van der Waals surface area contributed by atoms with E-state index in [1.54, 1.807) is 6.07 Å². The fourth-order valence-corrected chi connectivity index (χ4v) is 7.33. The van der Waals surface area contributed by atoms with E-state index in [0.29, 0.717) is 17.9 Å². The molecule has 2 saturated carbocycles. The number of allylic oxidation sites excluding steroid dienone is 1. The van der Waals surface area contributed by atoms with E-state index < -0.39 is 0 Å².